The van der Waals surface area contributed by atoms with Gasteiger partial charge in [0.15, 0.2) is 0 Å². The molecule has 0 radical (unpaired) electrons. The number of nitrogens with one attached hydrogen (secondary N) is 2. The zero-order chi connectivity index (χ0) is 20.9. The van der Waals surface area contributed by atoms with Crippen LogP contribution in [0.1, 0.15) is 65.4 Å². The van der Waals surface area contributed by atoms with E-state index >= 15 is 0 Å². The molecular formula is C20H31N3O4S. The van der Waals surface area contributed by atoms with Crippen molar-refractivity contribution in [1.82, 2.24) is 4.72 Å². The number of carbonyl (C=O) groups excluding carboxylic acids is 1. The number of benzene rings is 1. The standard InChI is InChI=1S/C20H31N3O4S/c1-5-20(3,4)28(26,27)23-17-11-9-15(10-12-17)19(24)21-18-8-6-7-16(13-18)14(2)22-25/h6-8,13,15,17,23,25H,5,9-12H2,1-4H3,(H,21,24). The van der Waals surface area contributed by atoms with E-state index < -0.39 is 14.8 Å². The largest absolute Gasteiger partial charge is 0.411 e. The summed E-state index contributed by atoms with van der Waals surface area (Å²) in [6.45, 7) is 7.00. The minimum absolute atomic E-state index is 0.0639. The highest BCUT2D eigenvalue weighted by atomic mass is 32.2. The Kier molecular flexibility index (Phi) is 7.22. The molecule has 28 heavy (non-hydrogen) atoms. The first-order chi connectivity index (χ1) is 13.1. The molecule has 1 saturated carbocycles. The molecule has 3 N–H and O–H groups in total. The lowest BCUT2D eigenvalue weighted by Gasteiger charge is -2.31. The summed E-state index contributed by atoms with van der Waals surface area (Å²) >= 11 is 0. The monoisotopic (exact) mass is 409 g/mol. The molecule has 1 amide bonds. The molecule has 1 aliphatic carbocycles. The quantitative estimate of drug-likeness (QED) is 0.364. The average molecular weight is 410 g/mol. The van der Waals surface area contributed by atoms with Crippen LogP contribution in [0.4, 0.5) is 5.69 Å². The topological polar surface area (TPSA) is 108 Å². The van der Waals surface area contributed by atoms with Gasteiger partial charge in [-0.25, -0.2) is 13.1 Å². The third kappa shape index (κ3) is 5.32. The second-order valence-electron chi connectivity index (χ2n) is 8.04. The summed E-state index contributed by atoms with van der Waals surface area (Å²) in [5.41, 5.74) is 1.86. The van der Waals surface area contributed by atoms with Crippen molar-refractivity contribution in [3.8, 4) is 0 Å². The summed E-state index contributed by atoms with van der Waals surface area (Å²) in [6, 6.07) is 7.03. The first-order valence-electron chi connectivity index (χ1n) is 9.71. The summed E-state index contributed by atoms with van der Waals surface area (Å²) in [5, 5.41) is 15.0. The van der Waals surface area contributed by atoms with E-state index in [1.54, 1.807) is 45.0 Å². The van der Waals surface area contributed by atoms with Crippen molar-refractivity contribution in [2.75, 3.05) is 5.32 Å². The van der Waals surface area contributed by atoms with Gasteiger partial charge in [-0.3, -0.25) is 4.79 Å². The Morgan fingerprint density at radius 3 is 2.46 bits per heavy atom. The van der Waals surface area contributed by atoms with Gasteiger partial charge in [-0.05, 0) is 65.0 Å². The Balaban J connectivity index is 1.92. The van der Waals surface area contributed by atoms with E-state index in [4.69, 9.17) is 5.21 Å². The minimum Gasteiger partial charge on any atom is -0.411 e. The molecule has 0 spiro atoms. The van der Waals surface area contributed by atoms with Gasteiger partial charge in [0, 0.05) is 23.2 Å². The number of hydrogen-bond donors (Lipinski definition) is 3. The number of hydrogen-bond acceptors (Lipinski definition) is 5. The second kappa shape index (κ2) is 9.05. The fourth-order valence-electron chi connectivity index (χ4n) is 3.17. The van der Waals surface area contributed by atoms with E-state index in [0.717, 1.165) is 5.56 Å². The van der Waals surface area contributed by atoms with Crippen LogP contribution in [0.25, 0.3) is 0 Å². The Hall–Kier alpha value is -1.93. The Morgan fingerprint density at radius 2 is 1.89 bits per heavy atom. The summed E-state index contributed by atoms with van der Waals surface area (Å²) in [7, 11) is -3.39. The van der Waals surface area contributed by atoms with E-state index in [0.29, 0.717) is 43.5 Å². The molecule has 0 aliphatic heterocycles. The van der Waals surface area contributed by atoms with Crippen LogP contribution < -0.4 is 10.0 Å². The van der Waals surface area contributed by atoms with Crippen LogP contribution in [0.5, 0.6) is 0 Å². The molecule has 0 bridgehead atoms. The molecule has 8 heteroatoms. The lowest BCUT2D eigenvalue weighted by molar-refractivity contribution is -0.120. The number of carbonyl (C=O) groups is 1. The van der Waals surface area contributed by atoms with E-state index in [1.807, 2.05) is 6.92 Å². The number of nitrogens with zero attached hydrogens (tertiary/aromatic N) is 1. The highest BCUT2D eigenvalue weighted by Gasteiger charge is 2.36. The maximum Gasteiger partial charge on any atom is 0.227 e. The summed E-state index contributed by atoms with van der Waals surface area (Å²) < 4.78 is 27.0. The molecule has 0 aromatic heterocycles. The van der Waals surface area contributed by atoms with Gasteiger partial charge in [0.05, 0.1) is 10.5 Å². The van der Waals surface area contributed by atoms with Crippen molar-refractivity contribution < 1.29 is 18.4 Å². The van der Waals surface area contributed by atoms with Gasteiger partial charge in [0.1, 0.15) is 0 Å². The van der Waals surface area contributed by atoms with E-state index in [2.05, 4.69) is 15.2 Å². The van der Waals surface area contributed by atoms with Crippen LogP contribution in [0, 0.1) is 5.92 Å². The molecule has 1 aliphatic rings. The van der Waals surface area contributed by atoms with Gasteiger partial charge in [0.2, 0.25) is 15.9 Å². The molecule has 0 unspecified atom stereocenters. The van der Waals surface area contributed by atoms with Crippen molar-refractivity contribution in [3.05, 3.63) is 29.8 Å². The molecule has 1 aromatic rings. The van der Waals surface area contributed by atoms with Crippen molar-refractivity contribution in [2.24, 2.45) is 11.1 Å². The van der Waals surface area contributed by atoms with E-state index in [-0.39, 0.29) is 17.9 Å². The van der Waals surface area contributed by atoms with Crippen LogP contribution in [0.15, 0.2) is 29.4 Å². The van der Waals surface area contributed by atoms with Crippen molar-refractivity contribution >= 4 is 27.3 Å². The zero-order valence-corrected chi connectivity index (χ0v) is 17.8. The number of rotatable bonds is 7. The van der Waals surface area contributed by atoms with Crippen LogP contribution in [-0.4, -0.2) is 36.0 Å². The zero-order valence-electron chi connectivity index (χ0n) is 17.0. The molecule has 0 saturated heterocycles. The lowest BCUT2D eigenvalue weighted by Crippen LogP contribution is -2.47. The van der Waals surface area contributed by atoms with Gasteiger partial charge in [-0.1, -0.05) is 24.2 Å². The first kappa shape index (κ1) is 22.4. The normalized spacial score (nSPS) is 21.4. The van der Waals surface area contributed by atoms with Gasteiger partial charge in [0.25, 0.3) is 0 Å². The summed E-state index contributed by atoms with van der Waals surface area (Å²) in [6.07, 6.45) is 3.12. The van der Waals surface area contributed by atoms with Crippen LogP contribution in [-0.2, 0) is 14.8 Å². The van der Waals surface area contributed by atoms with Crippen LogP contribution in [0.2, 0.25) is 0 Å². The average Bonchev–Trinajstić information content (AvgIpc) is 2.67. The smallest absolute Gasteiger partial charge is 0.227 e. The Bertz CT molecular complexity index is 826. The van der Waals surface area contributed by atoms with Crippen LogP contribution >= 0.6 is 0 Å². The van der Waals surface area contributed by atoms with E-state index in [9.17, 15) is 13.2 Å². The van der Waals surface area contributed by atoms with Gasteiger partial charge >= 0.3 is 0 Å². The second-order valence-corrected chi connectivity index (χ2v) is 10.4. The van der Waals surface area contributed by atoms with Crippen LogP contribution in [0.3, 0.4) is 0 Å². The molecule has 0 heterocycles. The molecule has 7 nitrogen and oxygen atoms in total. The fraction of sp³-hybridized carbons (Fsp3) is 0.600. The number of sulfonamides is 1. The van der Waals surface area contributed by atoms with Gasteiger partial charge in [-0.2, -0.15) is 0 Å². The highest BCUT2D eigenvalue weighted by molar-refractivity contribution is 7.90. The van der Waals surface area contributed by atoms with Crippen molar-refractivity contribution in [3.63, 3.8) is 0 Å². The number of oxime groups is 1. The minimum atomic E-state index is -3.39. The molecule has 1 aromatic carbocycles. The summed E-state index contributed by atoms with van der Waals surface area (Å²) in [4.78, 5) is 12.6. The predicted molar refractivity (Wildman–Crippen MR) is 111 cm³/mol. The lowest BCUT2D eigenvalue weighted by atomic mass is 9.86. The molecular weight excluding hydrogens is 378 g/mol. The molecule has 156 valence electrons. The Labute approximate surface area is 167 Å². The molecule has 1 fully saturated rings. The number of anilines is 1. The first-order valence-corrected chi connectivity index (χ1v) is 11.2. The van der Waals surface area contributed by atoms with Crippen molar-refractivity contribution in [1.29, 1.82) is 0 Å². The highest BCUT2D eigenvalue weighted by Crippen LogP contribution is 2.28. The van der Waals surface area contributed by atoms with Gasteiger partial charge < -0.3 is 10.5 Å². The molecule has 0 atom stereocenters. The van der Waals surface area contributed by atoms with E-state index in [1.165, 1.54) is 0 Å². The predicted octanol–water partition coefficient (Wildman–Crippen LogP) is 3.49. The SMILES string of the molecule is CCC(C)(C)S(=O)(=O)NC1CCC(C(=O)Nc2cccc(C(C)=NO)c2)CC1. The summed E-state index contributed by atoms with van der Waals surface area (Å²) in [5.74, 6) is -0.206. The Morgan fingerprint density at radius 1 is 1.25 bits per heavy atom. The van der Waals surface area contributed by atoms with Gasteiger partial charge in [-0.15, -0.1) is 0 Å². The number of amides is 1. The maximum atomic E-state index is 12.6. The molecule has 2 rings (SSSR count). The van der Waals surface area contributed by atoms with Crippen molar-refractivity contribution in [2.45, 2.75) is 70.6 Å². The third-order valence-corrected chi connectivity index (χ3v) is 8.08. The third-order valence-electron chi connectivity index (χ3n) is 5.70. The maximum absolute atomic E-state index is 12.6. The fourth-order valence-corrected chi connectivity index (χ4v) is 4.54.